The van der Waals surface area contributed by atoms with Crippen molar-refractivity contribution in [2.24, 2.45) is 0 Å². The van der Waals surface area contributed by atoms with Crippen LogP contribution in [-0.2, 0) is 0 Å². The van der Waals surface area contributed by atoms with E-state index in [1.165, 1.54) is 0 Å². The summed E-state index contributed by atoms with van der Waals surface area (Å²) in [6, 6.07) is 24.0. The predicted molar refractivity (Wildman–Crippen MR) is 124 cm³/mol. The Morgan fingerprint density at radius 2 is 1.62 bits per heavy atom. The van der Waals surface area contributed by atoms with Gasteiger partial charge in [-0.2, -0.15) is 0 Å². The van der Waals surface area contributed by atoms with E-state index in [4.69, 9.17) is 4.74 Å². The minimum Gasteiger partial charge on any atom is -0.502 e. The van der Waals surface area contributed by atoms with Crippen LogP contribution in [0.1, 0.15) is 11.7 Å². The van der Waals surface area contributed by atoms with Crippen LogP contribution in [0.15, 0.2) is 88.5 Å². The van der Waals surface area contributed by atoms with E-state index in [2.05, 4.69) is 5.32 Å². The molecule has 7 heteroatoms. The molecule has 0 saturated heterocycles. The van der Waals surface area contributed by atoms with E-state index in [9.17, 15) is 19.8 Å². The van der Waals surface area contributed by atoms with Gasteiger partial charge in [-0.15, -0.1) is 0 Å². The fourth-order valence-corrected chi connectivity index (χ4v) is 3.47. The van der Waals surface area contributed by atoms with Crippen molar-refractivity contribution >= 4 is 22.7 Å². The third-order valence-corrected chi connectivity index (χ3v) is 5.24. The molecule has 0 spiro atoms. The SMILES string of the molecule is COc1ccc(N(CC(O)c2ccccc2)c2cccc(Nc3c(O)c(=O)c3=O)c2)cc1. The predicted octanol–water partition coefficient (Wildman–Crippen LogP) is 3.61. The van der Waals surface area contributed by atoms with Crippen LogP contribution >= 0.6 is 0 Å². The molecule has 32 heavy (non-hydrogen) atoms. The maximum atomic E-state index is 11.7. The zero-order chi connectivity index (χ0) is 22.7. The summed E-state index contributed by atoms with van der Waals surface area (Å²) in [6.07, 6.45) is -0.757. The lowest BCUT2D eigenvalue weighted by Gasteiger charge is -2.28. The third-order valence-electron chi connectivity index (χ3n) is 5.24. The summed E-state index contributed by atoms with van der Waals surface area (Å²) in [6.45, 7) is 0.269. The number of benzene rings is 3. The zero-order valence-corrected chi connectivity index (χ0v) is 17.4. The van der Waals surface area contributed by atoms with Gasteiger partial charge in [-0.25, -0.2) is 0 Å². The van der Waals surface area contributed by atoms with Crippen LogP contribution in [0.4, 0.5) is 22.7 Å². The first kappa shape index (κ1) is 21.1. The maximum Gasteiger partial charge on any atom is 0.271 e. The molecule has 4 aromatic carbocycles. The Labute approximate surface area is 184 Å². The molecule has 4 aromatic rings. The summed E-state index contributed by atoms with van der Waals surface area (Å²) in [5.74, 6) is 0.148. The highest BCUT2D eigenvalue weighted by atomic mass is 16.5. The van der Waals surface area contributed by atoms with E-state index in [0.29, 0.717) is 11.4 Å². The van der Waals surface area contributed by atoms with E-state index in [1.807, 2.05) is 65.6 Å². The summed E-state index contributed by atoms with van der Waals surface area (Å²) in [5.41, 5.74) is 1.12. The lowest BCUT2D eigenvalue weighted by Crippen LogP contribution is -2.32. The Balaban J connectivity index is 1.67. The van der Waals surface area contributed by atoms with Crippen LogP contribution in [0.3, 0.4) is 0 Å². The first-order chi connectivity index (χ1) is 15.5. The molecule has 162 valence electrons. The minimum atomic E-state index is -0.894. The molecular formula is C25H22N2O5. The minimum absolute atomic E-state index is 0.118. The summed E-state index contributed by atoms with van der Waals surface area (Å²) < 4.78 is 5.25. The standard InChI is InChI=1S/C25H22N2O5/c1-32-20-12-10-18(11-13-20)27(15-21(28)16-6-3-2-4-7-16)19-9-5-8-17(14-19)26-22-23(29)25(31)24(22)30/h2-14,21,26,28-29H,15H2,1H3. The second-order valence-corrected chi connectivity index (χ2v) is 7.29. The highest BCUT2D eigenvalue weighted by molar-refractivity contribution is 5.74. The van der Waals surface area contributed by atoms with Crippen LogP contribution < -0.4 is 25.8 Å². The van der Waals surface area contributed by atoms with E-state index in [0.717, 1.165) is 16.9 Å². The number of aliphatic hydroxyl groups excluding tert-OH is 1. The van der Waals surface area contributed by atoms with Gasteiger partial charge in [-0.05, 0) is 48.0 Å². The molecule has 4 rings (SSSR count). The van der Waals surface area contributed by atoms with Gasteiger partial charge in [-0.3, -0.25) is 9.59 Å². The average Bonchev–Trinajstić information content (AvgIpc) is 2.85. The van der Waals surface area contributed by atoms with E-state index in [1.54, 1.807) is 25.3 Å². The number of anilines is 4. The molecule has 0 saturated carbocycles. The zero-order valence-electron chi connectivity index (χ0n) is 17.4. The lowest BCUT2D eigenvalue weighted by atomic mass is 10.1. The van der Waals surface area contributed by atoms with Crippen LogP contribution in [0, 0.1) is 0 Å². The van der Waals surface area contributed by atoms with E-state index in [-0.39, 0.29) is 12.2 Å². The van der Waals surface area contributed by atoms with E-state index >= 15 is 0 Å². The van der Waals surface area contributed by atoms with Crippen molar-refractivity contribution in [3.63, 3.8) is 0 Å². The monoisotopic (exact) mass is 430 g/mol. The summed E-state index contributed by atoms with van der Waals surface area (Å²) >= 11 is 0. The molecule has 0 fully saturated rings. The normalized spacial score (nSPS) is 11.8. The smallest absolute Gasteiger partial charge is 0.271 e. The van der Waals surface area contributed by atoms with Crippen molar-refractivity contribution in [2.75, 3.05) is 23.9 Å². The van der Waals surface area contributed by atoms with Crippen LogP contribution in [-0.4, -0.2) is 23.9 Å². The third kappa shape index (κ3) is 4.19. The fourth-order valence-electron chi connectivity index (χ4n) is 3.47. The number of rotatable bonds is 8. The van der Waals surface area contributed by atoms with Crippen molar-refractivity contribution in [3.05, 3.63) is 105 Å². The number of aliphatic hydroxyl groups is 1. The first-order valence-corrected chi connectivity index (χ1v) is 10.0. The number of nitrogens with one attached hydrogen (secondary N) is 1. The number of methoxy groups -OCH3 is 1. The highest BCUT2D eigenvalue weighted by Crippen LogP contribution is 2.32. The van der Waals surface area contributed by atoms with Crippen molar-refractivity contribution in [2.45, 2.75) is 6.10 Å². The number of hydrogen-bond donors (Lipinski definition) is 3. The number of aromatic hydroxyl groups is 1. The fraction of sp³-hybridized carbons (Fsp3) is 0.120. The molecule has 0 aromatic heterocycles. The van der Waals surface area contributed by atoms with Gasteiger partial charge in [0, 0.05) is 17.1 Å². The molecule has 0 aliphatic carbocycles. The number of nitrogens with zero attached hydrogens (tertiary/aromatic N) is 1. The topological polar surface area (TPSA) is 99.1 Å². The van der Waals surface area contributed by atoms with Crippen molar-refractivity contribution < 1.29 is 14.9 Å². The molecule has 0 amide bonds. The summed E-state index contributed by atoms with van der Waals surface area (Å²) in [4.78, 5) is 24.9. The molecule has 0 aliphatic rings. The number of hydrogen-bond acceptors (Lipinski definition) is 7. The molecular weight excluding hydrogens is 408 g/mol. The van der Waals surface area contributed by atoms with E-state index < -0.39 is 22.7 Å². The van der Waals surface area contributed by atoms with Crippen LogP contribution in [0.2, 0.25) is 0 Å². The van der Waals surface area contributed by atoms with Gasteiger partial charge in [0.05, 0.1) is 19.8 Å². The quantitative estimate of drug-likeness (QED) is 0.367. The van der Waals surface area contributed by atoms with Crippen LogP contribution in [0.5, 0.6) is 11.5 Å². The van der Waals surface area contributed by atoms with Crippen molar-refractivity contribution in [1.82, 2.24) is 0 Å². The first-order valence-electron chi connectivity index (χ1n) is 10.0. The van der Waals surface area contributed by atoms with Crippen molar-refractivity contribution in [3.8, 4) is 11.5 Å². The number of ether oxygens (including phenoxy) is 1. The van der Waals surface area contributed by atoms with Gasteiger partial charge in [0.25, 0.3) is 10.9 Å². The van der Waals surface area contributed by atoms with Gasteiger partial charge < -0.3 is 25.2 Å². The molecule has 0 aliphatic heterocycles. The summed E-state index contributed by atoms with van der Waals surface area (Å²) in [5, 5.41) is 23.3. The van der Waals surface area contributed by atoms with Gasteiger partial charge >= 0.3 is 0 Å². The van der Waals surface area contributed by atoms with Gasteiger partial charge in [0.2, 0.25) is 0 Å². The Morgan fingerprint density at radius 1 is 0.906 bits per heavy atom. The molecule has 0 radical (unpaired) electrons. The molecule has 3 N–H and O–H groups in total. The highest BCUT2D eigenvalue weighted by Gasteiger charge is 2.21. The average molecular weight is 430 g/mol. The van der Waals surface area contributed by atoms with Gasteiger partial charge in [0.15, 0.2) is 5.75 Å². The second kappa shape index (κ2) is 8.95. The second-order valence-electron chi connectivity index (χ2n) is 7.29. The molecule has 1 unspecified atom stereocenters. The van der Waals surface area contributed by atoms with Gasteiger partial charge in [0.1, 0.15) is 11.4 Å². The Kier molecular flexibility index (Phi) is 5.91. The molecule has 0 bridgehead atoms. The maximum absolute atomic E-state index is 11.7. The lowest BCUT2D eigenvalue weighted by molar-refractivity contribution is 0.186. The Morgan fingerprint density at radius 3 is 2.28 bits per heavy atom. The largest absolute Gasteiger partial charge is 0.502 e. The molecule has 1 atom stereocenters. The molecule has 0 heterocycles. The summed E-state index contributed by atoms with van der Waals surface area (Å²) in [7, 11) is 1.59. The Bertz CT molecular complexity index is 1280. The van der Waals surface area contributed by atoms with Crippen LogP contribution in [0.25, 0.3) is 0 Å². The molecule has 7 nitrogen and oxygen atoms in total. The van der Waals surface area contributed by atoms with Gasteiger partial charge in [-0.1, -0.05) is 36.4 Å². The Hall–Kier alpha value is -4.10. The van der Waals surface area contributed by atoms with Crippen molar-refractivity contribution in [1.29, 1.82) is 0 Å².